The van der Waals surface area contributed by atoms with Crippen LogP contribution in [0.25, 0.3) is 5.78 Å². The van der Waals surface area contributed by atoms with Crippen LogP contribution in [0, 0.1) is 12.7 Å². The molecule has 1 aliphatic heterocycles. The third kappa shape index (κ3) is 3.46. The first-order valence-electron chi connectivity index (χ1n) is 8.49. The maximum Gasteiger partial charge on any atom is 0.254 e. The van der Waals surface area contributed by atoms with Gasteiger partial charge in [0, 0.05) is 31.4 Å². The Balaban J connectivity index is 1.60. The van der Waals surface area contributed by atoms with Gasteiger partial charge in [0.1, 0.15) is 5.82 Å². The van der Waals surface area contributed by atoms with E-state index >= 15 is 0 Å². The summed E-state index contributed by atoms with van der Waals surface area (Å²) in [6.45, 7) is 3.97. The Morgan fingerprint density at radius 3 is 2.88 bits per heavy atom. The number of benzene rings is 1. The van der Waals surface area contributed by atoms with E-state index in [1.54, 1.807) is 6.07 Å². The number of halogens is 1. The average molecular weight is 341 g/mol. The molecule has 0 amide bonds. The molecule has 0 saturated carbocycles. The molecule has 7 heteroatoms. The van der Waals surface area contributed by atoms with Crippen molar-refractivity contribution in [3.8, 4) is 0 Å². The Labute approximate surface area is 145 Å². The Hall–Kier alpha value is -2.54. The number of ether oxygens (including phenoxy) is 1. The van der Waals surface area contributed by atoms with Gasteiger partial charge in [-0.2, -0.15) is 9.50 Å². The van der Waals surface area contributed by atoms with Crippen LogP contribution in [0.15, 0.2) is 30.3 Å². The normalized spacial score (nSPS) is 15.6. The van der Waals surface area contributed by atoms with Gasteiger partial charge in [-0.25, -0.2) is 9.37 Å². The molecule has 3 heterocycles. The summed E-state index contributed by atoms with van der Waals surface area (Å²) in [7, 11) is 0. The summed E-state index contributed by atoms with van der Waals surface area (Å²) in [4.78, 5) is 8.95. The quantitative estimate of drug-likeness (QED) is 0.790. The lowest BCUT2D eigenvalue weighted by Crippen LogP contribution is -2.17. The van der Waals surface area contributed by atoms with Gasteiger partial charge in [0.15, 0.2) is 0 Å². The zero-order chi connectivity index (χ0) is 17.2. The van der Waals surface area contributed by atoms with Gasteiger partial charge in [0.05, 0.1) is 5.69 Å². The first kappa shape index (κ1) is 16.0. The highest BCUT2D eigenvalue weighted by Crippen LogP contribution is 2.27. The molecule has 130 valence electrons. The van der Waals surface area contributed by atoms with Gasteiger partial charge < -0.3 is 10.1 Å². The first-order chi connectivity index (χ1) is 12.2. The van der Waals surface area contributed by atoms with Gasteiger partial charge in [0.2, 0.25) is 5.95 Å². The molecule has 1 aliphatic rings. The van der Waals surface area contributed by atoms with Crippen LogP contribution in [0.2, 0.25) is 0 Å². The van der Waals surface area contributed by atoms with E-state index < -0.39 is 0 Å². The van der Waals surface area contributed by atoms with Crippen molar-refractivity contribution in [2.45, 2.75) is 32.2 Å². The van der Waals surface area contributed by atoms with E-state index in [2.05, 4.69) is 26.4 Å². The number of aryl methyl sites for hydroxylation is 1. The number of nitrogens with one attached hydrogen (secondary N) is 1. The Morgan fingerprint density at radius 2 is 2.08 bits per heavy atom. The third-order valence-corrected chi connectivity index (χ3v) is 4.45. The fraction of sp³-hybridized carbons (Fsp3) is 0.389. The monoisotopic (exact) mass is 341 g/mol. The molecule has 1 aromatic carbocycles. The molecule has 6 nitrogen and oxygen atoms in total. The largest absolute Gasteiger partial charge is 0.381 e. The minimum Gasteiger partial charge on any atom is -0.381 e. The van der Waals surface area contributed by atoms with Crippen LogP contribution in [0.1, 0.15) is 35.7 Å². The summed E-state index contributed by atoms with van der Waals surface area (Å²) in [5, 5.41) is 7.72. The van der Waals surface area contributed by atoms with Gasteiger partial charge in [-0.15, -0.1) is 5.10 Å². The van der Waals surface area contributed by atoms with Crippen LogP contribution in [0.4, 0.5) is 10.3 Å². The first-order valence-corrected chi connectivity index (χ1v) is 8.49. The van der Waals surface area contributed by atoms with Gasteiger partial charge >= 0.3 is 0 Å². The predicted molar refractivity (Wildman–Crippen MR) is 92.0 cm³/mol. The van der Waals surface area contributed by atoms with E-state index in [0.29, 0.717) is 24.2 Å². The van der Waals surface area contributed by atoms with Crippen LogP contribution in [0.3, 0.4) is 0 Å². The Morgan fingerprint density at radius 1 is 1.24 bits per heavy atom. The second-order valence-electron chi connectivity index (χ2n) is 6.34. The van der Waals surface area contributed by atoms with E-state index in [1.165, 1.54) is 12.1 Å². The summed E-state index contributed by atoms with van der Waals surface area (Å²) in [5.74, 6) is 1.23. The summed E-state index contributed by atoms with van der Waals surface area (Å²) in [5.41, 5.74) is 2.89. The smallest absolute Gasteiger partial charge is 0.254 e. The van der Waals surface area contributed by atoms with Crippen molar-refractivity contribution in [3.05, 3.63) is 53.1 Å². The molecule has 0 bridgehead atoms. The van der Waals surface area contributed by atoms with E-state index in [1.807, 2.05) is 17.5 Å². The van der Waals surface area contributed by atoms with Crippen LogP contribution < -0.4 is 5.32 Å². The second-order valence-corrected chi connectivity index (χ2v) is 6.34. The van der Waals surface area contributed by atoms with Crippen LogP contribution in [-0.4, -0.2) is 32.8 Å². The highest BCUT2D eigenvalue weighted by molar-refractivity contribution is 5.40. The summed E-state index contributed by atoms with van der Waals surface area (Å²) in [6, 6.07) is 8.56. The molecule has 4 rings (SSSR count). The Bertz CT molecular complexity index is 888. The molecule has 1 fully saturated rings. The molecule has 25 heavy (non-hydrogen) atoms. The molecule has 0 radical (unpaired) electrons. The number of hydrogen-bond acceptors (Lipinski definition) is 5. The average Bonchev–Trinajstić information content (AvgIpc) is 3.03. The maximum atomic E-state index is 13.3. The van der Waals surface area contributed by atoms with Gasteiger partial charge in [-0.05, 0) is 43.5 Å². The predicted octanol–water partition coefficient (Wildman–Crippen LogP) is 3.08. The number of aromatic nitrogens is 4. The molecule has 0 unspecified atom stereocenters. The molecule has 0 atom stereocenters. The number of hydrogen-bond donors (Lipinski definition) is 1. The molecular formula is C18H20FN5O. The van der Waals surface area contributed by atoms with E-state index in [-0.39, 0.29) is 5.82 Å². The molecule has 0 aliphatic carbocycles. The molecule has 0 spiro atoms. The summed E-state index contributed by atoms with van der Waals surface area (Å²) >= 11 is 0. The van der Waals surface area contributed by atoms with Crippen molar-refractivity contribution in [2.24, 2.45) is 0 Å². The standard InChI is InChI=1S/C18H20FN5O/c1-12-9-16(14-5-7-25-8-6-14)24-18(21-12)22-17(23-24)20-11-13-3-2-4-15(19)10-13/h2-4,9-10,14H,5-8,11H2,1H3,(H,20,23). The van der Waals surface area contributed by atoms with Crippen LogP contribution in [-0.2, 0) is 11.3 Å². The molecule has 1 N–H and O–H groups in total. The van der Waals surface area contributed by atoms with Crippen molar-refractivity contribution in [2.75, 3.05) is 18.5 Å². The summed E-state index contributed by atoms with van der Waals surface area (Å²) in [6.07, 6.45) is 1.95. The SMILES string of the molecule is Cc1cc(C2CCOCC2)n2nc(NCc3cccc(F)c3)nc2n1. The third-order valence-electron chi connectivity index (χ3n) is 4.45. The van der Waals surface area contributed by atoms with Crippen LogP contribution >= 0.6 is 0 Å². The highest BCUT2D eigenvalue weighted by Gasteiger charge is 2.21. The van der Waals surface area contributed by atoms with Crippen molar-refractivity contribution < 1.29 is 9.13 Å². The lowest BCUT2D eigenvalue weighted by Gasteiger charge is -2.22. The molecular weight excluding hydrogens is 321 g/mol. The Kier molecular flexibility index (Phi) is 4.31. The minimum atomic E-state index is -0.249. The summed E-state index contributed by atoms with van der Waals surface area (Å²) < 4.78 is 20.6. The van der Waals surface area contributed by atoms with Crippen molar-refractivity contribution in [1.82, 2.24) is 19.6 Å². The second kappa shape index (κ2) is 6.76. The number of nitrogens with zero attached hydrogens (tertiary/aromatic N) is 4. The van der Waals surface area contributed by atoms with Crippen molar-refractivity contribution in [1.29, 1.82) is 0 Å². The molecule has 2 aromatic heterocycles. The van der Waals surface area contributed by atoms with Gasteiger partial charge in [0.25, 0.3) is 5.78 Å². The number of fused-ring (bicyclic) bond motifs is 1. The van der Waals surface area contributed by atoms with E-state index in [9.17, 15) is 4.39 Å². The fourth-order valence-corrected chi connectivity index (χ4v) is 3.20. The fourth-order valence-electron chi connectivity index (χ4n) is 3.20. The highest BCUT2D eigenvalue weighted by atomic mass is 19.1. The molecule has 3 aromatic rings. The number of anilines is 1. The zero-order valence-electron chi connectivity index (χ0n) is 14.1. The van der Waals surface area contributed by atoms with Gasteiger partial charge in [-0.1, -0.05) is 12.1 Å². The minimum absolute atomic E-state index is 0.249. The van der Waals surface area contributed by atoms with Crippen molar-refractivity contribution in [3.63, 3.8) is 0 Å². The zero-order valence-corrected chi connectivity index (χ0v) is 14.1. The van der Waals surface area contributed by atoms with E-state index in [0.717, 1.165) is 43.0 Å². The number of rotatable bonds is 4. The van der Waals surface area contributed by atoms with E-state index in [4.69, 9.17) is 4.74 Å². The maximum absolute atomic E-state index is 13.3. The van der Waals surface area contributed by atoms with Gasteiger partial charge in [-0.3, -0.25) is 0 Å². The van der Waals surface area contributed by atoms with Crippen LogP contribution in [0.5, 0.6) is 0 Å². The topological polar surface area (TPSA) is 64.3 Å². The lowest BCUT2D eigenvalue weighted by atomic mass is 9.96. The lowest BCUT2D eigenvalue weighted by molar-refractivity contribution is 0.0840. The van der Waals surface area contributed by atoms with Crippen molar-refractivity contribution >= 4 is 11.7 Å². The molecule has 1 saturated heterocycles.